The van der Waals surface area contributed by atoms with Crippen molar-refractivity contribution < 1.29 is 31.5 Å². The van der Waals surface area contributed by atoms with Crippen LogP contribution in [0.15, 0.2) is 36.8 Å². The lowest BCUT2D eigenvalue weighted by atomic mass is 10.2. The number of amides is 1. The van der Waals surface area contributed by atoms with E-state index < -0.39 is 18.7 Å². The molecule has 7 nitrogen and oxygen atoms in total. The summed E-state index contributed by atoms with van der Waals surface area (Å²) in [6.07, 6.45) is -1.56. The van der Waals surface area contributed by atoms with Gasteiger partial charge >= 0.3 is 12.1 Å². The first-order chi connectivity index (χ1) is 14.5. The molecule has 3 aromatic rings. The van der Waals surface area contributed by atoms with E-state index in [9.17, 15) is 26.7 Å². The van der Waals surface area contributed by atoms with Crippen LogP contribution in [0.1, 0.15) is 30.0 Å². The van der Waals surface area contributed by atoms with Crippen LogP contribution in [0.2, 0.25) is 0 Å². The minimum Gasteiger partial charge on any atom is -0.485 e. The number of ether oxygens (including phenoxy) is 1. The predicted octanol–water partition coefficient (Wildman–Crippen LogP) is 3.59. The van der Waals surface area contributed by atoms with Crippen molar-refractivity contribution in [1.29, 1.82) is 0 Å². The summed E-state index contributed by atoms with van der Waals surface area (Å²) in [5, 5.41) is 7.65. The molecule has 0 spiro atoms. The number of alkyl halides is 5. The van der Waals surface area contributed by atoms with Gasteiger partial charge in [-0.15, -0.1) is 0 Å². The Labute approximate surface area is 173 Å². The molecule has 0 aliphatic heterocycles. The summed E-state index contributed by atoms with van der Waals surface area (Å²) in [4.78, 5) is 20.4. The SMILES string of the molecule is CC(C)NC(=O)c1nccc2nn(Cc3ccc(OCC(F)(F)C(F)(F)F)cn3)cc12. The van der Waals surface area contributed by atoms with E-state index in [-0.39, 0.29) is 29.9 Å². The molecule has 166 valence electrons. The van der Waals surface area contributed by atoms with Gasteiger partial charge in [0, 0.05) is 18.4 Å². The van der Waals surface area contributed by atoms with E-state index >= 15 is 0 Å². The first-order valence-corrected chi connectivity index (χ1v) is 9.11. The van der Waals surface area contributed by atoms with Crippen molar-refractivity contribution in [3.63, 3.8) is 0 Å². The first-order valence-electron chi connectivity index (χ1n) is 9.11. The fourth-order valence-electron chi connectivity index (χ4n) is 2.60. The maximum atomic E-state index is 12.9. The largest absolute Gasteiger partial charge is 0.485 e. The number of nitrogens with one attached hydrogen (secondary N) is 1. The number of fused-ring (bicyclic) bond motifs is 1. The van der Waals surface area contributed by atoms with E-state index in [1.165, 1.54) is 23.0 Å². The summed E-state index contributed by atoms with van der Waals surface area (Å²) in [5.74, 6) is -5.53. The van der Waals surface area contributed by atoms with Gasteiger partial charge in [-0.2, -0.15) is 27.1 Å². The highest BCUT2D eigenvalue weighted by molar-refractivity contribution is 6.04. The lowest BCUT2D eigenvalue weighted by Crippen LogP contribution is -2.41. The van der Waals surface area contributed by atoms with Crippen LogP contribution in [0.3, 0.4) is 0 Å². The van der Waals surface area contributed by atoms with E-state index in [0.717, 1.165) is 6.20 Å². The molecule has 0 fully saturated rings. The summed E-state index contributed by atoms with van der Waals surface area (Å²) >= 11 is 0. The number of aromatic nitrogens is 4. The van der Waals surface area contributed by atoms with Crippen molar-refractivity contribution in [2.45, 2.75) is 38.5 Å². The third-order valence-corrected chi connectivity index (χ3v) is 4.07. The number of hydrogen-bond acceptors (Lipinski definition) is 5. The van der Waals surface area contributed by atoms with Crippen molar-refractivity contribution in [2.75, 3.05) is 6.61 Å². The van der Waals surface area contributed by atoms with Gasteiger partial charge in [0.1, 0.15) is 11.4 Å². The Bertz CT molecular complexity index is 1060. The van der Waals surface area contributed by atoms with E-state index in [0.29, 0.717) is 16.6 Å². The van der Waals surface area contributed by atoms with Gasteiger partial charge in [0.25, 0.3) is 5.91 Å². The maximum absolute atomic E-state index is 12.9. The van der Waals surface area contributed by atoms with Crippen molar-refractivity contribution in [3.05, 3.63) is 48.2 Å². The van der Waals surface area contributed by atoms with Gasteiger partial charge in [-0.1, -0.05) is 0 Å². The molecule has 0 saturated heterocycles. The summed E-state index contributed by atoms with van der Waals surface area (Å²) in [6, 6.07) is 4.23. The average Bonchev–Trinajstić information content (AvgIpc) is 3.08. The molecule has 12 heteroatoms. The molecule has 0 saturated carbocycles. The Morgan fingerprint density at radius 3 is 2.52 bits per heavy atom. The third kappa shape index (κ3) is 5.25. The number of halogens is 5. The molecule has 0 atom stereocenters. The monoisotopic (exact) mass is 443 g/mol. The summed E-state index contributed by atoms with van der Waals surface area (Å²) in [7, 11) is 0. The quantitative estimate of drug-likeness (QED) is 0.565. The standard InChI is InChI=1S/C19H18F5N5O2/c1-11(2)27-17(30)16-14-9-29(28-15(14)5-6-25-16)8-12-3-4-13(7-26-12)31-10-18(20,21)19(22,23)24/h3-7,9,11H,8,10H2,1-2H3,(H,27,30). The highest BCUT2D eigenvalue weighted by Gasteiger charge is 2.58. The lowest BCUT2D eigenvalue weighted by molar-refractivity contribution is -0.290. The first kappa shape index (κ1) is 22.4. The summed E-state index contributed by atoms with van der Waals surface area (Å²) in [6.45, 7) is 1.98. The topological polar surface area (TPSA) is 81.9 Å². The number of carbonyl (C=O) groups excluding carboxylic acids is 1. The van der Waals surface area contributed by atoms with E-state index in [1.54, 1.807) is 12.3 Å². The van der Waals surface area contributed by atoms with Crippen molar-refractivity contribution >= 4 is 16.8 Å². The fourth-order valence-corrected chi connectivity index (χ4v) is 2.60. The normalized spacial score (nSPS) is 12.4. The Kier molecular flexibility index (Phi) is 6.09. The number of rotatable bonds is 7. The van der Waals surface area contributed by atoms with Gasteiger partial charge in [0.15, 0.2) is 6.61 Å². The Hall–Kier alpha value is -3.31. The zero-order chi connectivity index (χ0) is 22.8. The number of carbonyl (C=O) groups is 1. The molecular weight excluding hydrogens is 425 g/mol. The number of nitrogens with zero attached hydrogens (tertiary/aromatic N) is 4. The lowest BCUT2D eigenvalue weighted by Gasteiger charge is -2.19. The van der Waals surface area contributed by atoms with Gasteiger partial charge < -0.3 is 10.1 Å². The minimum absolute atomic E-state index is 0.0689. The molecule has 0 radical (unpaired) electrons. The molecule has 0 bridgehead atoms. The molecule has 31 heavy (non-hydrogen) atoms. The average molecular weight is 443 g/mol. The molecule has 3 heterocycles. The van der Waals surface area contributed by atoms with Crippen molar-refractivity contribution in [1.82, 2.24) is 25.1 Å². The smallest absolute Gasteiger partial charge is 0.456 e. The Morgan fingerprint density at radius 2 is 1.90 bits per heavy atom. The number of hydrogen-bond donors (Lipinski definition) is 1. The predicted molar refractivity (Wildman–Crippen MR) is 100.0 cm³/mol. The molecular formula is C19H18F5N5O2. The molecule has 0 aliphatic carbocycles. The summed E-state index contributed by atoms with van der Waals surface area (Å²) < 4.78 is 68.4. The molecule has 0 aromatic carbocycles. The van der Waals surface area contributed by atoms with E-state index in [4.69, 9.17) is 0 Å². The van der Waals surface area contributed by atoms with Gasteiger partial charge in [-0.3, -0.25) is 19.4 Å². The fraction of sp³-hybridized carbons (Fsp3) is 0.368. The van der Waals surface area contributed by atoms with Crippen LogP contribution in [0.4, 0.5) is 22.0 Å². The molecule has 1 N–H and O–H groups in total. The van der Waals surface area contributed by atoms with Gasteiger partial charge in [-0.05, 0) is 32.0 Å². The highest BCUT2D eigenvalue weighted by Crippen LogP contribution is 2.35. The van der Waals surface area contributed by atoms with Crippen molar-refractivity contribution in [3.8, 4) is 5.75 Å². The Balaban J connectivity index is 1.71. The van der Waals surface area contributed by atoms with E-state index in [1.807, 2.05) is 13.8 Å². The van der Waals surface area contributed by atoms with Crippen LogP contribution in [0, 0.1) is 0 Å². The van der Waals surface area contributed by atoms with Crippen LogP contribution in [-0.2, 0) is 6.54 Å². The van der Waals surface area contributed by atoms with Crippen molar-refractivity contribution in [2.24, 2.45) is 0 Å². The van der Waals surface area contributed by atoms with E-state index in [2.05, 4.69) is 25.1 Å². The maximum Gasteiger partial charge on any atom is 0.456 e. The van der Waals surface area contributed by atoms with Crippen LogP contribution in [0.5, 0.6) is 5.75 Å². The van der Waals surface area contributed by atoms with Gasteiger partial charge in [-0.25, -0.2) is 0 Å². The summed E-state index contributed by atoms with van der Waals surface area (Å²) in [5.41, 5.74) is 1.21. The highest BCUT2D eigenvalue weighted by atomic mass is 19.4. The Morgan fingerprint density at radius 1 is 1.16 bits per heavy atom. The van der Waals surface area contributed by atoms with Crippen LogP contribution in [-0.4, -0.2) is 50.4 Å². The molecule has 0 unspecified atom stereocenters. The molecule has 0 aliphatic rings. The zero-order valence-electron chi connectivity index (χ0n) is 16.5. The molecule has 1 amide bonds. The molecule has 3 aromatic heterocycles. The third-order valence-electron chi connectivity index (χ3n) is 4.07. The van der Waals surface area contributed by atoms with Crippen LogP contribution in [0.25, 0.3) is 10.9 Å². The van der Waals surface area contributed by atoms with Gasteiger partial charge in [0.05, 0.1) is 29.3 Å². The van der Waals surface area contributed by atoms with Gasteiger partial charge in [0.2, 0.25) is 0 Å². The second-order valence-electron chi connectivity index (χ2n) is 7.02. The zero-order valence-corrected chi connectivity index (χ0v) is 16.5. The minimum atomic E-state index is -5.69. The second kappa shape index (κ2) is 8.44. The number of pyridine rings is 2. The molecule has 3 rings (SSSR count). The van der Waals surface area contributed by atoms with Crippen LogP contribution >= 0.6 is 0 Å². The second-order valence-corrected chi connectivity index (χ2v) is 7.02. The van der Waals surface area contributed by atoms with Crippen LogP contribution < -0.4 is 10.1 Å².